The summed E-state index contributed by atoms with van der Waals surface area (Å²) in [6, 6.07) is 20.3. The first-order chi connectivity index (χ1) is 13.7. The number of carbonyl (C=O) groups is 2. The van der Waals surface area contributed by atoms with E-state index in [4.69, 9.17) is 9.47 Å². The number of ether oxygens (including phenoxy) is 2. The number of esters is 2. The number of carbonyl (C=O) groups excluding carboxylic acids is 2. The number of cyclic esters (lactones) is 2. The SMILES string of the molecule is O=C1O[C@@H](CC[C@H]2CC([Se]c3ccccc3)C(=O)O2)CC1[Se]c1ccccc1. The van der Waals surface area contributed by atoms with Crippen molar-refractivity contribution >= 4 is 50.8 Å². The van der Waals surface area contributed by atoms with Gasteiger partial charge in [0.15, 0.2) is 0 Å². The van der Waals surface area contributed by atoms with E-state index in [2.05, 4.69) is 24.3 Å². The molecule has 146 valence electrons. The van der Waals surface area contributed by atoms with E-state index in [-0.39, 0.29) is 63.7 Å². The fraction of sp³-hybridized carbons (Fsp3) is 0.364. The summed E-state index contributed by atoms with van der Waals surface area (Å²) >= 11 is 0.215. The molecule has 0 radical (unpaired) electrons. The molecule has 4 atom stereocenters. The summed E-state index contributed by atoms with van der Waals surface area (Å²) < 4.78 is 13.7. The Morgan fingerprint density at radius 3 is 1.46 bits per heavy atom. The zero-order valence-electron chi connectivity index (χ0n) is 15.4. The van der Waals surface area contributed by atoms with Crippen LogP contribution in [0, 0.1) is 0 Å². The molecule has 2 unspecified atom stereocenters. The van der Waals surface area contributed by atoms with Gasteiger partial charge in [-0.3, -0.25) is 0 Å². The van der Waals surface area contributed by atoms with Crippen LogP contribution in [0.3, 0.4) is 0 Å². The van der Waals surface area contributed by atoms with E-state index >= 15 is 0 Å². The molecule has 0 aliphatic carbocycles. The van der Waals surface area contributed by atoms with Gasteiger partial charge in [-0.1, -0.05) is 0 Å². The Balaban J connectivity index is 1.24. The second kappa shape index (κ2) is 9.28. The van der Waals surface area contributed by atoms with Gasteiger partial charge in [0.1, 0.15) is 0 Å². The molecule has 2 aromatic carbocycles. The van der Waals surface area contributed by atoms with Gasteiger partial charge in [0, 0.05) is 0 Å². The van der Waals surface area contributed by atoms with E-state index in [1.165, 1.54) is 8.92 Å². The molecule has 2 saturated heterocycles. The van der Waals surface area contributed by atoms with Gasteiger partial charge >= 0.3 is 178 Å². The first kappa shape index (κ1) is 19.7. The maximum absolute atomic E-state index is 12.2. The van der Waals surface area contributed by atoms with Crippen molar-refractivity contribution in [2.75, 3.05) is 0 Å². The molecular weight excluding hydrogens is 486 g/mol. The van der Waals surface area contributed by atoms with Crippen LogP contribution in [0.25, 0.3) is 0 Å². The Hall–Kier alpha value is -1.58. The van der Waals surface area contributed by atoms with E-state index in [1.807, 2.05) is 36.4 Å². The molecule has 4 rings (SSSR count). The van der Waals surface area contributed by atoms with Crippen molar-refractivity contribution in [3.8, 4) is 0 Å². The van der Waals surface area contributed by atoms with E-state index in [1.54, 1.807) is 0 Å². The van der Waals surface area contributed by atoms with Gasteiger partial charge < -0.3 is 0 Å². The molecule has 0 amide bonds. The normalized spacial score (nSPS) is 26.9. The summed E-state index contributed by atoms with van der Waals surface area (Å²) in [5.41, 5.74) is 0. The van der Waals surface area contributed by atoms with Crippen molar-refractivity contribution in [1.29, 1.82) is 0 Å². The van der Waals surface area contributed by atoms with Gasteiger partial charge in [0.05, 0.1) is 0 Å². The first-order valence-electron chi connectivity index (χ1n) is 9.52. The Morgan fingerprint density at radius 1 is 0.679 bits per heavy atom. The van der Waals surface area contributed by atoms with Crippen molar-refractivity contribution in [3.63, 3.8) is 0 Å². The summed E-state index contributed by atoms with van der Waals surface area (Å²) in [5, 5.41) is 0. The average molecular weight is 508 g/mol. The Morgan fingerprint density at radius 2 is 1.07 bits per heavy atom. The van der Waals surface area contributed by atoms with Crippen LogP contribution >= 0.6 is 0 Å². The van der Waals surface area contributed by atoms with Crippen LogP contribution in [0.4, 0.5) is 0 Å². The van der Waals surface area contributed by atoms with Gasteiger partial charge in [0.2, 0.25) is 0 Å². The number of benzene rings is 2. The third kappa shape index (κ3) is 5.07. The van der Waals surface area contributed by atoms with Crippen molar-refractivity contribution in [2.45, 2.75) is 47.5 Å². The predicted octanol–water partition coefficient (Wildman–Crippen LogP) is 2.03. The molecule has 0 N–H and O–H groups in total. The number of hydrogen-bond acceptors (Lipinski definition) is 4. The molecular formula is C22H22O4Se2. The van der Waals surface area contributed by atoms with Crippen molar-refractivity contribution in [1.82, 2.24) is 0 Å². The standard InChI is InChI=1S/C22H22O4Se2/c23-21-19(27-17-7-3-1-4-8-17)13-15(25-21)11-12-16-14-20(22(24)26-16)28-18-9-5-2-6-10-18/h1-10,15-16,19-20H,11-14H2/t15-,16-,19?,20?/m0/s1. The molecule has 0 bridgehead atoms. The topological polar surface area (TPSA) is 52.6 Å². The van der Waals surface area contributed by atoms with E-state index in [9.17, 15) is 9.59 Å². The molecule has 4 nitrogen and oxygen atoms in total. The fourth-order valence-corrected chi connectivity index (χ4v) is 8.13. The van der Waals surface area contributed by atoms with Crippen LogP contribution in [-0.2, 0) is 19.1 Å². The van der Waals surface area contributed by atoms with Crippen LogP contribution in [0.15, 0.2) is 60.7 Å². The molecule has 0 spiro atoms. The van der Waals surface area contributed by atoms with Gasteiger partial charge in [-0.05, 0) is 0 Å². The second-order valence-corrected chi connectivity index (χ2v) is 12.4. The molecule has 0 saturated carbocycles. The van der Waals surface area contributed by atoms with Gasteiger partial charge in [-0.15, -0.1) is 0 Å². The molecule has 28 heavy (non-hydrogen) atoms. The number of rotatable bonds is 7. The summed E-state index contributed by atoms with van der Waals surface area (Å²) in [6.45, 7) is 0. The van der Waals surface area contributed by atoms with Crippen LogP contribution in [-0.4, -0.2) is 54.1 Å². The molecule has 6 heteroatoms. The molecule has 2 heterocycles. The van der Waals surface area contributed by atoms with E-state index in [0.717, 1.165) is 25.7 Å². The third-order valence-corrected chi connectivity index (χ3v) is 9.99. The van der Waals surface area contributed by atoms with Gasteiger partial charge in [0.25, 0.3) is 0 Å². The molecule has 0 aromatic heterocycles. The number of hydrogen-bond donors (Lipinski definition) is 0. The zero-order chi connectivity index (χ0) is 19.3. The van der Waals surface area contributed by atoms with Gasteiger partial charge in [-0.2, -0.15) is 0 Å². The van der Waals surface area contributed by atoms with Crippen LogP contribution < -0.4 is 8.92 Å². The first-order valence-corrected chi connectivity index (χ1v) is 13.2. The molecule has 2 aliphatic heterocycles. The summed E-state index contributed by atoms with van der Waals surface area (Å²) in [4.78, 5) is 24.4. The zero-order valence-corrected chi connectivity index (χ0v) is 18.8. The third-order valence-electron chi connectivity index (χ3n) is 4.90. The summed E-state index contributed by atoms with van der Waals surface area (Å²) in [5.74, 6) is -0.134. The monoisotopic (exact) mass is 510 g/mol. The fourth-order valence-electron chi connectivity index (χ4n) is 3.49. The molecule has 2 aromatic rings. The Bertz CT molecular complexity index is 742. The van der Waals surface area contributed by atoms with Crippen molar-refractivity contribution < 1.29 is 19.1 Å². The minimum atomic E-state index is -0.0671. The van der Waals surface area contributed by atoms with Crippen LogP contribution in [0.2, 0.25) is 9.63 Å². The van der Waals surface area contributed by atoms with Crippen molar-refractivity contribution in [3.05, 3.63) is 60.7 Å². The van der Waals surface area contributed by atoms with E-state index < -0.39 is 0 Å². The quantitative estimate of drug-likeness (QED) is 0.425. The molecule has 2 aliphatic rings. The molecule has 2 fully saturated rings. The second-order valence-electron chi connectivity index (χ2n) is 7.01. The predicted molar refractivity (Wildman–Crippen MR) is 109 cm³/mol. The average Bonchev–Trinajstić information content (AvgIpc) is 3.24. The Kier molecular flexibility index (Phi) is 6.54. The maximum atomic E-state index is 12.2. The van der Waals surface area contributed by atoms with Gasteiger partial charge in [-0.25, -0.2) is 0 Å². The van der Waals surface area contributed by atoms with Crippen molar-refractivity contribution in [2.24, 2.45) is 0 Å². The Labute approximate surface area is 177 Å². The minimum absolute atomic E-state index is 0.000177. The summed E-state index contributed by atoms with van der Waals surface area (Å²) in [7, 11) is 0. The van der Waals surface area contributed by atoms with E-state index in [0.29, 0.717) is 0 Å². The summed E-state index contributed by atoms with van der Waals surface area (Å²) in [6.07, 6.45) is 3.03. The van der Waals surface area contributed by atoms with Crippen LogP contribution in [0.1, 0.15) is 25.7 Å². The van der Waals surface area contributed by atoms with Crippen LogP contribution in [0.5, 0.6) is 0 Å².